The van der Waals surface area contributed by atoms with Crippen molar-refractivity contribution in [2.24, 2.45) is 7.05 Å². The zero-order valence-electron chi connectivity index (χ0n) is 14.1. The summed E-state index contributed by atoms with van der Waals surface area (Å²) in [6.45, 7) is 0. The summed E-state index contributed by atoms with van der Waals surface area (Å²) < 4.78 is 4.45. The Morgan fingerprint density at radius 3 is 2.78 bits per heavy atom. The third-order valence-electron chi connectivity index (χ3n) is 4.10. The van der Waals surface area contributed by atoms with Gasteiger partial charge in [-0.1, -0.05) is 0 Å². The van der Waals surface area contributed by atoms with Crippen LogP contribution in [0.5, 0.6) is 0 Å². The highest BCUT2D eigenvalue weighted by Gasteiger charge is 2.10. The van der Waals surface area contributed by atoms with Gasteiger partial charge >= 0.3 is 0 Å². The molecule has 0 bridgehead atoms. The molecule has 9 heteroatoms. The molecule has 0 atom stereocenters. The summed E-state index contributed by atoms with van der Waals surface area (Å²) >= 11 is 3.72. The average Bonchev–Trinajstić information content (AvgIpc) is 3.27. The van der Waals surface area contributed by atoms with Crippen LogP contribution >= 0.6 is 34.4 Å². The van der Waals surface area contributed by atoms with Gasteiger partial charge < -0.3 is 0 Å². The molecule has 0 radical (unpaired) electrons. The van der Waals surface area contributed by atoms with E-state index >= 15 is 0 Å². The molecule has 0 aliphatic rings. The molecule has 0 fully saturated rings. The van der Waals surface area contributed by atoms with E-state index in [0.717, 1.165) is 41.4 Å². The first-order valence-electron chi connectivity index (χ1n) is 8.10. The lowest BCUT2D eigenvalue weighted by atomic mass is 10.1. The van der Waals surface area contributed by atoms with Crippen LogP contribution in [0.3, 0.4) is 0 Å². The van der Waals surface area contributed by atoms with Crippen molar-refractivity contribution < 1.29 is 0 Å². The van der Waals surface area contributed by atoms with E-state index in [2.05, 4.69) is 60.1 Å². The Morgan fingerprint density at radius 1 is 1.00 bits per heavy atom. The summed E-state index contributed by atoms with van der Waals surface area (Å²) in [5.74, 6) is 0. The topological polar surface area (TPSA) is 73.8 Å². The maximum Gasteiger partial charge on any atom is 0.217 e. The van der Waals surface area contributed by atoms with Crippen molar-refractivity contribution in [3.8, 4) is 11.1 Å². The van der Waals surface area contributed by atoms with Crippen LogP contribution in [0.25, 0.3) is 27.7 Å². The normalized spacial score (nSPS) is 11.5. The minimum atomic E-state index is 0.735. The van der Waals surface area contributed by atoms with Crippen molar-refractivity contribution in [2.75, 3.05) is 0 Å². The summed E-state index contributed by atoms with van der Waals surface area (Å²) in [5.41, 5.74) is 3.78. The number of nitrogens with zero attached hydrogens (tertiary/aromatic N) is 7. The molecular weight excluding hydrogens is 473 g/mol. The smallest absolute Gasteiger partial charge is 0.217 e. The van der Waals surface area contributed by atoms with Gasteiger partial charge in [-0.3, -0.25) is 9.67 Å². The number of rotatable bonds is 3. The van der Waals surface area contributed by atoms with E-state index in [9.17, 15) is 0 Å². The number of hydrogen-bond acceptors (Lipinski definition) is 6. The molecule has 5 rings (SSSR count). The van der Waals surface area contributed by atoms with Gasteiger partial charge in [0.1, 0.15) is 3.70 Å². The predicted molar refractivity (Wildman–Crippen MR) is 112 cm³/mol. The molecule has 5 aromatic rings. The lowest BCUT2D eigenvalue weighted by Gasteiger charge is -2.04. The molecular formula is C18H12IN7S. The molecule has 0 N–H and O–H groups in total. The number of aryl methyl sites for hydroxylation is 1. The highest BCUT2D eigenvalue weighted by Crippen LogP contribution is 2.30. The quantitative estimate of drug-likeness (QED) is 0.362. The van der Waals surface area contributed by atoms with Crippen molar-refractivity contribution in [1.82, 2.24) is 34.6 Å². The third kappa shape index (κ3) is 3.16. The molecule has 0 unspecified atom stereocenters. The molecule has 132 valence electrons. The fourth-order valence-corrected chi connectivity index (χ4v) is 4.05. The fraction of sp³-hybridized carbons (Fsp3) is 0.0556. The van der Waals surface area contributed by atoms with E-state index in [-0.39, 0.29) is 0 Å². The Hall–Kier alpha value is -2.53. The van der Waals surface area contributed by atoms with E-state index in [1.807, 2.05) is 49.9 Å². The second-order valence-corrected chi connectivity index (χ2v) is 8.14. The summed E-state index contributed by atoms with van der Waals surface area (Å²) in [7, 11) is 1.91. The van der Waals surface area contributed by atoms with E-state index in [4.69, 9.17) is 0 Å². The Balaban J connectivity index is 1.54. The minimum Gasteiger partial charge on any atom is -0.275 e. The van der Waals surface area contributed by atoms with Gasteiger partial charge in [0.25, 0.3) is 0 Å². The Bertz CT molecular complexity index is 1290. The van der Waals surface area contributed by atoms with E-state index < -0.39 is 0 Å². The van der Waals surface area contributed by atoms with Gasteiger partial charge in [0.2, 0.25) is 5.16 Å². The number of halogens is 1. The van der Waals surface area contributed by atoms with Gasteiger partial charge in [-0.05, 0) is 70.8 Å². The number of fused-ring (bicyclic) bond motifs is 2. The number of hydrogen-bond donors (Lipinski definition) is 0. The van der Waals surface area contributed by atoms with Gasteiger partial charge in [-0.15, -0.1) is 10.2 Å². The van der Waals surface area contributed by atoms with E-state index in [1.165, 1.54) is 11.8 Å². The maximum absolute atomic E-state index is 4.57. The molecule has 0 saturated carbocycles. The zero-order chi connectivity index (χ0) is 18.4. The molecule has 4 heterocycles. The van der Waals surface area contributed by atoms with Crippen molar-refractivity contribution >= 4 is 50.9 Å². The monoisotopic (exact) mass is 485 g/mol. The Morgan fingerprint density at radius 2 is 1.93 bits per heavy atom. The van der Waals surface area contributed by atoms with Gasteiger partial charge in [-0.2, -0.15) is 14.7 Å². The second kappa shape index (κ2) is 6.57. The molecule has 0 amide bonds. The van der Waals surface area contributed by atoms with Gasteiger partial charge in [0.05, 0.1) is 11.7 Å². The van der Waals surface area contributed by atoms with Gasteiger partial charge in [-0.25, -0.2) is 0 Å². The van der Waals surface area contributed by atoms with Crippen molar-refractivity contribution in [1.29, 1.82) is 0 Å². The van der Waals surface area contributed by atoms with Crippen LogP contribution in [0, 0.1) is 3.70 Å². The van der Waals surface area contributed by atoms with Crippen LogP contribution in [0.1, 0.15) is 0 Å². The van der Waals surface area contributed by atoms with Crippen LogP contribution in [-0.4, -0.2) is 34.6 Å². The molecule has 27 heavy (non-hydrogen) atoms. The largest absolute Gasteiger partial charge is 0.275 e. The lowest BCUT2D eigenvalue weighted by Crippen LogP contribution is -1.95. The summed E-state index contributed by atoms with van der Waals surface area (Å²) in [4.78, 5) is 5.63. The number of benzene rings is 1. The van der Waals surface area contributed by atoms with Crippen molar-refractivity contribution in [2.45, 2.75) is 10.1 Å². The highest BCUT2D eigenvalue weighted by atomic mass is 127. The molecule has 7 nitrogen and oxygen atoms in total. The van der Waals surface area contributed by atoms with Crippen LogP contribution in [0.2, 0.25) is 0 Å². The van der Waals surface area contributed by atoms with Crippen molar-refractivity contribution in [3.05, 3.63) is 58.7 Å². The predicted octanol–water partition coefficient (Wildman–Crippen LogP) is 3.83. The molecule has 4 aromatic heterocycles. The van der Waals surface area contributed by atoms with Crippen LogP contribution in [-0.2, 0) is 7.05 Å². The molecule has 0 saturated heterocycles. The molecule has 0 aliphatic carbocycles. The fourth-order valence-electron chi connectivity index (χ4n) is 2.82. The van der Waals surface area contributed by atoms with Crippen LogP contribution in [0.15, 0.2) is 65.0 Å². The molecule has 0 aliphatic heterocycles. The zero-order valence-corrected chi connectivity index (χ0v) is 17.1. The molecule has 1 aromatic carbocycles. The number of pyridine rings is 1. The minimum absolute atomic E-state index is 0.735. The maximum atomic E-state index is 4.57. The van der Waals surface area contributed by atoms with E-state index in [1.54, 1.807) is 9.20 Å². The summed E-state index contributed by atoms with van der Waals surface area (Å²) in [6.07, 6.45) is 5.71. The summed E-state index contributed by atoms with van der Waals surface area (Å²) in [5, 5.41) is 19.0. The van der Waals surface area contributed by atoms with E-state index in [0.29, 0.717) is 0 Å². The Labute approximate surface area is 172 Å². The van der Waals surface area contributed by atoms with Crippen LogP contribution in [0.4, 0.5) is 0 Å². The first-order chi connectivity index (χ1) is 13.2. The third-order valence-corrected chi connectivity index (χ3v) is 5.60. The highest BCUT2D eigenvalue weighted by molar-refractivity contribution is 14.1. The second-order valence-electron chi connectivity index (χ2n) is 5.99. The van der Waals surface area contributed by atoms with Gasteiger partial charge in [0, 0.05) is 40.8 Å². The number of aromatic nitrogens is 7. The standard InChI is InChI=1S/C18H12IN7S/c1-25-10-13(9-21-25)12-6-11-7-14(2-3-15(11)20-8-12)27-18-23-22-17-5-4-16(19)24-26(17)18/h2-10H,1H3. The first kappa shape index (κ1) is 16.6. The molecule has 0 spiro atoms. The van der Waals surface area contributed by atoms with Crippen molar-refractivity contribution in [3.63, 3.8) is 0 Å². The average molecular weight is 485 g/mol. The first-order valence-corrected chi connectivity index (χ1v) is 10.00. The lowest BCUT2D eigenvalue weighted by molar-refractivity contribution is 0.768. The van der Waals surface area contributed by atoms with Crippen LogP contribution < -0.4 is 0 Å². The summed E-state index contributed by atoms with van der Waals surface area (Å²) in [6, 6.07) is 12.1. The van der Waals surface area contributed by atoms with Gasteiger partial charge in [0.15, 0.2) is 5.65 Å². The SMILES string of the molecule is Cn1cc(-c2cnc3ccc(Sc4nnc5ccc(I)nn45)cc3c2)cn1. The Kier molecular flexibility index (Phi) is 4.05.